The van der Waals surface area contributed by atoms with Gasteiger partial charge < -0.3 is 11.1 Å². The van der Waals surface area contributed by atoms with Crippen LogP contribution in [0.1, 0.15) is 12.8 Å². The molecule has 0 radical (unpaired) electrons. The van der Waals surface area contributed by atoms with Gasteiger partial charge >= 0.3 is 0 Å². The van der Waals surface area contributed by atoms with Crippen LogP contribution < -0.4 is 11.1 Å². The topological polar surface area (TPSA) is 55.1 Å². The monoisotopic (exact) mass is 174 g/mol. The highest BCUT2D eigenvalue weighted by Crippen LogP contribution is 2.29. The number of thioether (sulfide) groups is 1. The second kappa shape index (κ2) is 3.45. The minimum Gasteiger partial charge on any atom is -0.370 e. The highest BCUT2D eigenvalue weighted by molar-refractivity contribution is 7.99. The Morgan fingerprint density at radius 1 is 1.82 bits per heavy atom. The SMILES string of the molecule is CNC1(CC(N)=O)CCSC1. The molecule has 64 valence electrons. The van der Waals surface area contributed by atoms with Gasteiger partial charge in [-0.1, -0.05) is 0 Å². The second-order valence-electron chi connectivity index (χ2n) is 2.98. The number of nitrogens with one attached hydrogen (secondary N) is 1. The van der Waals surface area contributed by atoms with Gasteiger partial charge in [-0.25, -0.2) is 0 Å². The Kier molecular flexibility index (Phi) is 2.78. The van der Waals surface area contributed by atoms with Crippen LogP contribution in [0.4, 0.5) is 0 Å². The summed E-state index contributed by atoms with van der Waals surface area (Å²) in [6.07, 6.45) is 1.52. The minimum atomic E-state index is -0.207. The Morgan fingerprint density at radius 2 is 2.55 bits per heavy atom. The first kappa shape index (κ1) is 8.87. The molecule has 0 aromatic rings. The maximum atomic E-state index is 10.7. The summed E-state index contributed by atoms with van der Waals surface area (Å²) in [6, 6.07) is 0. The third-order valence-electron chi connectivity index (χ3n) is 2.15. The van der Waals surface area contributed by atoms with E-state index in [2.05, 4.69) is 5.32 Å². The van der Waals surface area contributed by atoms with Crippen LogP contribution in [-0.4, -0.2) is 30.0 Å². The van der Waals surface area contributed by atoms with Crippen LogP contribution in [0.15, 0.2) is 0 Å². The van der Waals surface area contributed by atoms with Crippen molar-refractivity contribution in [1.29, 1.82) is 0 Å². The number of carbonyl (C=O) groups is 1. The molecule has 0 bridgehead atoms. The van der Waals surface area contributed by atoms with Gasteiger partial charge in [0.05, 0.1) is 0 Å². The van der Waals surface area contributed by atoms with Crippen LogP contribution in [0.2, 0.25) is 0 Å². The number of nitrogens with two attached hydrogens (primary N) is 1. The maximum absolute atomic E-state index is 10.7. The summed E-state index contributed by atoms with van der Waals surface area (Å²) < 4.78 is 0. The predicted molar refractivity (Wildman–Crippen MR) is 47.5 cm³/mol. The molecule has 0 saturated carbocycles. The quantitative estimate of drug-likeness (QED) is 0.631. The molecule has 3 nitrogen and oxygen atoms in total. The van der Waals surface area contributed by atoms with Crippen LogP contribution >= 0.6 is 11.8 Å². The first-order valence-electron chi connectivity index (χ1n) is 3.73. The van der Waals surface area contributed by atoms with Gasteiger partial charge in [-0.15, -0.1) is 0 Å². The number of amides is 1. The molecule has 0 aliphatic carbocycles. The molecule has 0 aromatic heterocycles. The second-order valence-corrected chi connectivity index (χ2v) is 4.08. The molecular formula is C7H14N2OS. The van der Waals surface area contributed by atoms with Gasteiger partial charge in [-0.3, -0.25) is 4.79 Å². The molecule has 0 aromatic carbocycles. The van der Waals surface area contributed by atoms with Gasteiger partial charge in [0.2, 0.25) is 5.91 Å². The van der Waals surface area contributed by atoms with Gasteiger partial charge in [0.15, 0.2) is 0 Å². The lowest BCUT2D eigenvalue weighted by atomic mass is 9.95. The number of primary amides is 1. The van der Waals surface area contributed by atoms with Crippen molar-refractivity contribution >= 4 is 17.7 Å². The molecule has 1 fully saturated rings. The molecule has 1 amide bonds. The van der Waals surface area contributed by atoms with E-state index in [-0.39, 0.29) is 11.4 Å². The Hall–Kier alpha value is -0.220. The van der Waals surface area contributed by atoms with Gasteiger partial charge in [-0.05, 0) is 19.2 Å². The zero-order valence-corrected chi connectivity index (χ0v) is 7.54. The van der Waals surface area contributed by atoms with E-state index < -0.39 is 0 Å². The Balaban J connectivity index is 2.52. The summed E-state index contributed by atoms with van der Waals surface area (Å²) in [4.78, 5) is 10.7. The van der Waals surface area contributed by atoms with E-state index in [1.807, 2.05) is 18.8 Å². The van der Waals surface area contributed by atoms with Crippen LogP contribution in [0.25, 0.3) is 0 Å². The lowest BCUT2D eigenvalue weighted by Gasteiger charge is -2.25. The number of rotatable bonds is 3. The molecule has 1 atom stereocenters. The van der Waals surface area contributed by atoms with Crippen LogP contribution in [0, 0.1) is 0 Å². The van der Waals surface area contributed by atoms with E-state index in [1.165, 1.54) is 0 Å². The normalized spacial score (nSPS) is 30.6. The zero-order chi connectivity index (χ0) is 8.32. The molecule has 4 heteroatoms. The van der Waals surface area contributed by atoms with Crippen molar-refractivity contribution in [3.63, 3.8) is 0 Å². The minimum absolute atomic E-state index is 0.00347. The molecule has 3 N–H and O–H groups in total. The Bertz CT molecular complexity index is 155. The summed E-state index contributed by atoms with van der Waals surface area (Å²) in [5.74, 6) is 1.93. The van der Waals surface area contributed by atoms with Gasteiger partial charge in [0.25, 0.3) is 0 Å². The third-order valence-corrected chi connectivity index (χ3v) is 3.40. The fourth-order valence-electron chi connectivity index (χ4n) is 1.37. The van der Waals surface area contributed by atoms with Crippen molar-refractivity contribution in [3.8, 4) is 0 Å². The van der Waals surface area contributed by atoms with E-state index in [4.69, 9.17) is 5.73 Å². The van der Waals surface area contributed by atoms with E-state index in [0.29, 0.717) is 6.42 Å². The van der Waals surface area contributed by atoms with Crippen molar-refractivity contribution in [2.45, 2.75) is 18.4 Å². The maximum Gasteiger partial charge on any atom is 0.219 e. The van der Waals surface area contributed by atoms with Crippen molar-refractivity contribution < 1.29 is 4.79 Å². The number of hydrogen-bond donors (Lipinski definition) is 2. The summed E-state index contributed by atoms with van der Waals surface area (Å²) in [5.41, 5.74) is 5.14. The highest BCUT2D eigenvalue weighted by atomic mass is 32.2. The van der Waals surface area contributed by atoms with Crippen molar-refractivity contribution in [2.24, 2.45) is 5.73 Å². The zero-order valence-electron chi connectivity index (χ0n) is 6.72. The standard InChI is InChI=1S/C7H14N2OS/c1-9-7(4-6(8)10)2-3-11-5-7/h9H,2-5H2,1H3,(H2,8,10). The smallest absolute Gasteiger partial charge is 0.219 e. The lowest BCUT2D eigenvalue weighted by Crippen LogP contribution is -2.46. The summed E-state index contributed by atoms with van der Waals surface area (Å²) in [7, 11) is 1.90. The largest absolute Gasteiger partial charge is 0.370 e. The van der Waals surface area contributed by atoms with Crippen molar-refractivity contribution in [3.05, 3.63) is 0 Å². The Morgan fingerprint density at radius 3 is 2.91 bits per heavy atom. The molecule has 1 aliphatic heterocycles. The number of carbonyl (C=O) groups excluding carboxylic acids is 1. The van der Waals surface area contributed by atoms with Crippen molar-refractivity contribution in [2.75, 3.05) is 18.6 Å². The van der Waals surface area contributed by atoms with Gasteiger partial charge in [0.1, 0.15) is 0 Å². The summed E-state index contributed by atoms with van der Waals surface area (Å²) >= 11 is 1.88. The molecule has 1 saturated heterocycles. The van der Waals surface area contributed by atoms with E-state index in [0.717, 1.165) is 17.9 Å². The molecule has 1 aliphatic rings. The number of hydrogen-bond acceptors (Lipinski definition) is 3. The lowest BCUT2D eigenvalue weighted by molar-refractivity contribution is -0.119. The van der Waals surface area contributed by atoms with Gasteiger partial charge in [0, 0.05) is 17.7 Å². The molecule has 1 unspecified atom stereocenters. The Labute approximate surface area is 71.1 Å². The van der Waals surface area contributed by atoms with Gasteiger partial charge in [-0.2, -0.15) is 11.8 Å². The summed E-state index contributed by atoms with van der Waals surface area (Å²) in [6.45, 7) is 0. The first-order valence-corrected chi connectivity index (χ1v) is 4.89. The molecule has 0 spiro atoms. The average molecular weight is 174 g/mol. The van der Waals surface area contributed by atoms with Crippen molar-refractivity contribution in [1.82, 2.24) is 5.32 Å². The van der Waals surface area contributed by atoms with Crippen LogP contribution in [0.3, 0.4) is 0 Å². The average Bonchev–Trinajstić information content (AvgIpc) is 2.36. The predicted octanol–water partition coefficient (Wildman–Crippen LogP) is -0.0431. The van der Waals surface area contributed by atoms with Crippen LogP contribution in [-0.2, 0) is 4.79 Å². The van der Waals surface area contributed by atoms with Crippen LogP contribution in [0.5, 0.6) is 0 Å². The van der Waals surface area contributed by atoms with E-state index in [1.54, 1.807) is 0 Å². The molecule has 1 rings (SSSR count). The molecule has 1 heterocycles. The fourth-order valence-corrected chi connectivity index (χ4v) is 2.83. The molecular weight excluding hydrogens is 160 g/mol. The fraction of sp³-hybridized carbons (Fsp3) is 0.857. The highest BCUT2D eigenvalue weighted by Gasteiger charge is 2.33. The van der Waals surface area contributed by atoms with E-state index >= 15 is 0 Å². The first-order chi connectivity index (χ1) is 5.18. The summed E-state index contributed by atoms with van der Waals surface area (Å²) in [5, 5.41) is 3.19. The van der Waals surface area contributed by atoms with E-state index in [9.17, 15) is 4.79 Å². The molecule has 11 heavy (non-hydrogen) atoms. The third kappa shape index (κ3) is 2.10.